The summed E-state index contributed by atoms with van der Waals surface area (Å²) in [6, 6.07) is 13.0. The van der Waals surface area contributed by atoms with Crippen molar-refractivity contribution in [2.75, 3.05) is 5.32 Å². The number of aromatic amines is 1. The van der Waals surface area contributed by atoms with Crippen LogP contribution >= 0.6 is 11.6 Å². The molecule has 1 aliphatic carbocycles. The lowest BCUT2D eigenvalue weighted by Crippen LogP contribution is -2.37. The number of benzene rings is 2. The maximum Gasteiger partial charge on any atom is 0.322 e. The molecule has 0 aliphatic heterocycles. The van der Waals surface area contributed by atoms with Crippen LogP contribution in [0.3, 0.4) is 0 Å². The van der Waals surface area contributed by atoms with Gasteiger partial charge < -0.3 is 15.2 Å². The van der Waals surface area contributed by atoms with Gasteiger partial charge in [-0.15, -0.1) is 0 Å². The first-order valence-electron chi connectivity index (χ1n) is 9.37. The summed E-state index contributed by atoms with van der Waals surface area (Å²) < 4.78 is 0. The minimum Gasteiger partial charge on any atom is -0.321 e. The highest BCUT2D eigenvalue weighted by molar-refractivity contribution is 6.30. The molecule has 28 heavy (non-hydrogen) atoms. The zero-order valence-corrected chi connectivity index (χ0v) is 16.6. The van der Waals surface area contributed by atoms with E-state index in [1.807, 2.05) is 26.0 Å². The van der Waals surface area contributed by atoms with Crippen LogP contribution in [0.4, 0.5) is 10.5 Å². The van der Waals surface area contributed by atoms with E-state index < -0.39 is 0 Å². The highest BCUT2D eigenvalue weighted by Gasteiger charge is 2.33. The third kappa shape index (κ3) is 3.90. The molecule has 4 rings (SSSR count). The summed E-state index contributed by atoms with van der Waals surface area (Å²) in [5.41, 5.74) is 4.10. The number of aromatic nitrogens is 1. The normalized spacial score (nSPS) is 13.5. The van der Waals surface area contributed by atoms with Gasteiger partial charge >= 0.3 is 6.03 Å². The predicted molar refractivity (Wildman–Crippen MR) is 113 cm³/mol. The quantitative estimate of drug-likeness (QED) is 0.653. The van der Waals surface area contributed by atoms with Gasteiger partial charge in [-0.05, 0) is 68.0 Å². The van der Waals surface area contributed by atoms with Gasteiger partial charge in [-0.25, -0.2) is 4.79 Å². The van der Waals surface area contributed by atoms with Crippen LogP contribution in [-0.2, 0) is 6.54 Å². The Morgan fingerprint density at radius 2 is 2.00 bits per heavy atom. The van der Waals surface area contributed by atoms with Gasteiger partial charge in [0.25, 0.3) is 5.56 Å². The molecule has 0 unspecified atom stereocenters. The fraction of sp³-hybridized carbons (Fsp3) is 0.273. The molecule has 0 atom stereocenters. The van der Waals surface area contributed by atoms with Gasteiger partial charge in [0.1, 0.15) is 0 Å². The van der Waals surface area contributed by atoms with E-state index in [-0.39, 0.29) is 24.2 Å². The van der Waals surface area contributed by atoms with Crippen molar-refractivity contribution in [3.63, 3.8) is 0 Å². The Balaban J connectivity index is 1.62. The first-order chi connectivity index (χ1) is 13.4. The SMILES string of the molecule is Cc1cc(C)c2[nH]c(=O)c(CN(C(=O)Nc3cccc(Cl)c3)C3CC3)cc2c1. The molecule has 1 saturated carbocycles. The number of fused-ring (bicyclic) bond motifs is 1. The molecule has 0 saturated heterocycles. The number of hydrogen-bond acceptors (Lipinski definition) is 2. The van der Waals surface area contributed by atoms with E-state index in [1.165, 1.54) is 0 Å². The van der Waals surface area contributed by atoms with Crippen LogP contribution < -0.4 is 10.9 Å². The fourth-order valence-corrected chi connectivity index (χ4v) is 3.74. The first kappa shape index (κ1) is 18.6. The molecule has 2 aromatic carbocycles. The van der Waals surface area contributed by atoms with Gasteiger partial charge in [-0.1, -0.05) is 29.3 Å². The molecule has 1 aromatic heterocycles. The van der Waals surface area contributed by atoms with Crippen molar-refractivity contribution < 1.29 is 4.79 Å². The Morgan fingerprint density at radius 3 is 2.71 bits per heavy atom. The largest absolute Gasteiger partial charge is 0.322 e. The zero-order chi connectivity index (χ0) is 19.8. The topological polar surface area (TPSA) is 65.2 Å². The molecule has 0 spiro atoms. The number of hydrogen-bond donors (Lipinski definition) is 2. The van der Waals surface area contributed by atoms with Gasteiger partial charge in [-0.3, -0.25) is 4.79 Å². The Morgan fingerprint density at radius 1 is 1.21 bits per heavy atom. The van der Waals surface area contributed by atoms with E-state index in [9.17, 15) is 9.59 Å². The Kier molecular flexibility index (Phi) is 4.85. The number of halogens is 1. The van der Waals surface area contributed by atoms with E-state index >= 15 is 0 Å². The minimum absolute atomic E-state index is 0.152. The van der Waals surface area contributed by atoms with Gasteiger partial charge in [0.2, 0.25) is 0 Å². The summed E-state index contributed by atoms with van der Waals surface area (Å²) in [6.45, 7) is 4.29. The van der Waals surface area contributed by atoms with Gasteiger partial charge in [0.05, 0.1) is 12.1 Å². The smallest absolute Gasteiger partial charge is 0.321 e. The number of anilines is 1. The maximum absolute atomic E-state index is 12.9. The average Bonchev–Trinajstić information content (AvgIpc) is 3.45. The zero-order valence-electron chi connectivity index (χ0n) is 15.9. The molecule has 3 aromatic rings. The molecular formula is C22H22ClN3O2. The fourth-order valence-electron chi connectivity index (χ4n) is 3.55. The summed E-state index contributed by atoms with van der Waals surface area (Å²) in [5, 5.41) is 4.44. The van der Waals surface area contributed by atoms with Crippen molar-refractivity contribution in [3.8, 4) is 0 Å². The van der Waals surface area contributed by atoms with Gasteiger partial charge in [-0.2, -0.15) is 0 Å². The summed E-state index contributed by atoms with van der Waals surface area (Å²) in [5.74, 6) is 0. The van der Waals surface area contributed by atoms with Gasteiger partial charge in [0, 0.05) is 22.3 Å². The second-order valence-electron chi connectivity index (χ2n) is 7.47. The molecular weight excluding hydrogens is 374 g/mol. The highest BCUT2D eigenvalue weighted by atomic mass is 35.5. The van der Waals surface area contributed by atoms with E-state index in [4.69, 9.17) is 11.6 Å². The van der Waals surface area contributed by atoms with Crippen LogP contribution in [0.1, 0.15) is 29.5 Å². The molecule has 0 radical (unpaired) electrons. The molecule has 144 valence electrons. The Labute approximate surface area is 168 Å². The standard InChI is InChI=1S/C22H22ClN3O2/c1-13-8-14(2)20-15(9-13)10-16(21(27)25-20)12-26(19-6-7-19)22(28)24-18-5-3-4-17(23)11-18/h3-5,8-11,19H,6-7,12H2,1-2H3,(H,24,28)(H,25,27). The van der Waals surface area contributed by atoms with Crippen LogP contribution in [0, 0.1) is 13.8 Å². The van der Waals surface area contributed by atoms with Crippen molar-refractivity contribution >= 4 is 34.2 Å². The second kappa shape index (κ2) is 7.32. The molecule has 6 heteroatoms. The monoisotopic (exact) mass is 395 g/mol. The highest BCUT2D eigenvalue weighted by Crippen LogP contribution is 2.29. The van der Waals surface area contributed by atoms with E-state index in [0.29, 0.717) is 16.3 Å². The molecule has 1 aliphatic rings. The Bertz CT molecular complexity index is 1120. The average molecular weight is 396 g/mol. The number of carbonyl (C=O) groups is 1. The second-order valence-corrected chi connectivity index (χ2v) is 7.91. The summed E-state index contributed by atoms with van der Waals surface area (Å²) in [6.07, 6.45) is 1.90. The predicted octanol–water partition coefficient (Wildman–Crippen LogP) is 4.99. The lowest BCUT2D eigenvalue weighted by atomic mass is 10.1. The van der Waals surface area contributed by atoms with Crippen molar-refractivity contribution in [2.45, 2.75) is 39.3 Å². The van der Waals surface area contributed by atoms with Crippen molar-refractivity contribution in [3.05, 3.63) is 74.5 Å². The van der Waals surface area contributed by atoms with E-state index in [2.05, 4.69) is 16.4 Å². The lowest BCUT2D eigenvalue weighted by molar-refractivity contribution is 0.206. The third-order valence-electron chi connectivity index (χ3n) is 5.04. The van der Waals surface area contributed by atoms with Crippen LogP contribution in [0.25, 0.3) is 10.9 Å². The summed E-state index contributed by atoms with van der Waals surface area (Å²) in [7, 11) is 0. The molecule has 1 heterocycles. The number of nitrogens with zero attached hydrogens (tertiary/aromatic N) is 1. The molecule has 1 fully saturated rings. The third-order valence-corrected chi connectivity index (χ3v) is 5.27. The van der Waals surface area contributed by atoms with Gasteiger partial charge in [0.15, 0.2) is 0 Å². The number of carbonyl (C=O) groups excluding carboxylic acids is 1. The number of nitrogens with one attached hydrogen (secondary N) is 2. The van der Waals surface area contributed by atoms with Crippen molar-refractivity contribution in [2.24, 2.45) is 0 Å². The number of rotatable bonds is 4. The van der Waals surface area contributed by atoms with Crippen molar-refractivity contribution in [1.29, 1.82) is 0 Å². The number of amides is 2. The van der Waals surface area contributed by atoms with Crippen LogP contribution in [0.5, 0.6) is 0 Å². The Hall–Kier alpha value is -2.79. The van der Waals surface area contributed by atoms with Crippen LogP contribution in [-0.4, -0.2) is 22.0 Å². The summed E-state index contributed by atoms with van der Waals surface area (Å²) >= 11 is 6.00. The molecule has 2 N–H and O–H groups in total. The number of H-pyrrole nitrogens is 1. The number of aryl methyl sites for hydroxylation is 2. The van der Waals surface area contributed by atoms with Crippen LogP contribution in [0.15, 0.2) is 47.3 Å². The number of urea groups is 1. The van der Waals surface area contributed by atoms with Crippen molar-refractivity contribution in [1.82, 2.24) is 9.88 Å². The van der Waals surface area contributed by atoms with Crippen LogP contribution in [0.2, 0.25) is 5.02 Å². The van der Waals surface area contributed by atoms with E-state index in [1.54, 1.807) is 29.2 Å². The number of pyridine rings is 1. The lowest BCUT2D eigenvalue weighted by Gasteiger charge is -2.23. The minimum atomic E-state index is -0.218. The molecule has 2 amide bonds. The first-order valence-corrected chi connectivity index (χ1v) is 9.75. The molecule has 5 nitrogen and oxygen atoms in total. The van der Waals surface area contributed by atoms with E-state index in [0.717, 1.165) is 34.9 Å². The molecule has 0 bridgehead atoms. The maximum atomic E-state index is 12.9. The summed E-state index contributed by atoms with van der Waals surface area (Å²) in [4.78, 5) is 30.2.